The Morgan fingerprint density at radius 1 is 1.42 bits per heavy atom. The molecule has 1 N–H and O–H groups in total. The third-order valence-electron chi connectivity index (χ3n) is 2.53. The highest BCUT2D eigenvalue weighted by Crippen LogP contribution is 2.18. The zero-order chi connectivity index (χ0) is 14.3. The third-order valence-corrected chi connectivity index (χ3v) is 2.53. The number of methoxy groups -OCH3 is 2. The Labute approximate surface area is 112 Å². The third kappa shape index (κ3) is 4.15. The molecule has 0 aromatic carbocycles. The van der Waals surface area contributed by atoms with E-state index in [1.165, 1.54) is 13.3 Å². The van der Waals surface area contributed by atoms with Gasteiger partial charge in [0.2, 0.25) is 0 Å². The maximum absolute atomic E-state index is 11.7. The summed E-state index contributed by atoms with van der Waals surface area (Å²) < 4.78 is 9.72. The lowest BCUT2D eigenvalue weighted by Crippen LogP contribution is -2.32. The number of carbonyl (C=O) groups is 1. The molecule has 1 aromatic heterocycles. The summed E-state index contributed by atoms with van der Waals surface area (Å²) in [5, 5.41) is 9.11. The Hall–Kier alpha value is -1.73. The van der Waals surface area contributed by atoms with Crippen LogP contribution in [0.2, 0.25) is 0 Å². The van der Waals surface area contributed by atoms with Crippen LogP contribution in [0.5, 0.6) is 0 Å². The summed E-state index contributed by atoms with van der Waals surface area (Å²) in [6.07, 6.45) is 1.43. The number of anilines is 1. The first kappa shape index (κ1) is 15.3. The largest absolute Gasteiger partial charge is 0.465 e. The van der Waals surface area contributed by atoms with E-state index in [2.05, 4.69) is 9.97 Å². The van der Waals surface area contributed by atoms with Crippen LogP contribution in [0.4, 0.5) is 5.82 Å². The molecule has 0 fully saturated rings. The summed E-state index contributed by atoms with van der Waals surface area (Å²) in [6, 6.07) is 0. The van der Waals surface area contributed by atoms with Crippen molar-refractivity contribution in [1.82, 2.24) is 9.97 Å². The molecule has 0 atom stereocenters. The molecule has 7 heteroatoms. The van der Waals surface area contributed by atoms with Gasteiger partial charge in [0.25, 0.3) is 0 Å². The molecular weight excluding hydrogens is 250 g/mol. The Bertz CT molecular complexity index is 425. The van der Waals surface area contributed by atoms with Crippen LogP contribution in [0, 0.1) is 6.92 Å². The van der Waals surface area contributed by atoms with Crippen LogP contribution in [0.3, 0.4) is 0 Å². The molecule has 0 unspecified atom stereocenters. The first-order valence-electron chi connectivity index (χ1n) is 5.90. The van der Waals surface area contributed by atoms with E-state index in [1.807, 2.05) is 0 Å². The molecular formula is C12H19N3O4. The number of esters is 1. The van der Waals surface area contributed by atoms with Crippen molar-refractivity contribution in [3.8, 4) is 0 Å². The summed E-state index contributed by atoms with van der Waals surface area (Å²) in [7, 11) is 2.89. The molecule has 19 heavy (non-hydrogen) atoms. The van der Waals surface area contributed by atoms with Crippen molar-refractivity contribution >= 4 is 11.8 Å². The molecule has 1 aromatic rings. The van der Waals surface area contributed by atoms with Gasteiger partial charge in [-0.05, 0) is 6.92 Å². The lowest BCUT2D eigenvalue weighted by molar-refractivity contribution is 0.0600. The molecule has 0 saturated heterocycles. The van der Waals surface area contributed by atoms with Gasteiger partial charge < -0.3 is 19.5 Å². The SMILES string of the molecule is COCCN(CCO)c1nc(C)ncc1C(=O)OC. The fourth-order valence-corrected chi connectivity index (χ4v) is 1.60. The van der Waals surface area contributed by atoms with Crippen LogP contribution in [-0.2, 0) is 9.47 Å². The van der Waals surface area contributed by atoms with Crippen molar-refractivity contribution < 1.29 is 19.4 Å². The number of hydrogen-bond acceptors (Lipinski definition) is 7. The number of hydrogen-bond donors (Lipinski definition) is 1. The van der Waals surface area contributed by atoms with E-state index in [-0.39, 0.29) is 12.2 Å². The highest BCUT2D eigenvalue weighted by atomic mass is 16.5. The number of aromatic nitrogens is 2. The van der Waals surface area contributed by atoms with E-state index in [0.29, 0.717) is 31.3 Å². The van der Waals surface area contributed by atoms with E-state index in [0.717, 1.165) is 0 Å². The quantitative estimate of drug-likeness (QED) is 0.698. The van der Waals surface area contributed by atoms with Crippen molar-refractivity contribution in [2.75, 3.05) is 45.4 Å². The molecule has 0 amide bonds. The minimum atomic E-state index is -0.504. The second kappa shape index (κ2) is 7.65. The molecule has 0 spiro atoms. The van der Waals surface area contributed by atoms with Crippen LogP contribution >= 0.6 is 0 Å². The molecule has 0 bridgehead atoms. The van der Waals surface area contributed by atoms with Crippen molar-refractivity contribution in [2.24, 2.45) is 0 Å². The van der Waals surface area contributed by atoms with Gasteiger partial charge in [0, 0.05) is 26.4 Å². The molecule has 1 rings (SSSR count). The van der Waals surface area contributed by atoms with Crippen LogP contribution in [0.1, 0.15) is 16.2 Å². The first-order valence-corrected chi connectivity index (χ1v) is 5.90. The molecule has 0 aliphatic heterocycles. The number of nitrogens with zero attached hydrogens (tertiary/aromatic N) is 3. The van der Waals surface area contributed by atoms with Crippen molar-refractivity contribution in [3.05, 3.63) is 17.6 Å². The van der Waals surface area contributed by atoms with Gasteiger partial charge in [-0.2, -0.15) is 0 Å². The molecule has 0 aliphatic rings. The number of ether oxygens (including phenoxy) is 2. The second-order valence-corrected chi connectivity index (χ2v) is 3.85. The highest BCUT2D eigenvalue weighted by molar-refractivity contribution is 5.94. The van der Waals surface area contributed by atoms with Crippen LogP contribution in [0.15, 0.2) is 6.20 Å². The summed E-state index contributed by atoms with van der Waals surface area (Å²) in [4.78, 5) is 21.7. The number of rotatable bonds is 7. The van der Waals surface area contributed by atoms with Gasteiger partial charge in [-0.25, -0.2) is 14.8 Å². The predicted octanol–water partition coefficient (Wildman–Crippen LogP) is 0.0167. The monoisotopic (exact) mass is 269 g/mol. The van der Waals surface area contributed by atoms with E-state index in [9.17, 15) is 4.79 Å². The normalized spacial score (nSPS) is 10.3. The van der Waals surface area contributed by atoms with E-state index in [4.69, 9.17) is 14.6 Å². The standard InChI is InChI=1S/C12H19N3O4/c1-9-13-8-10(12(17)19-3)11(14-9)15(4-6-16)5-7-18-2/h8,16H,4-7H2,1-3H3. The molecule has 0 aliphatic carbocycles. The molecule has 7 nitrogen and oxygen atoms in total. The van der Waals surface area contributed by atoms with E-state index < -0.39 is 5.97 Å². The number of aryl methyl sites for hydroxylation is 1. The van der Waals surface area contributed by atoms with Gasteiger partial charge in [-0.1, -0.05) is 0 Å². The van der Waals surface area contributed by atoms with Crippen LogP contribution < -0.4 is 4.90 Å². The van der Waals surface area contributed by atoms with Gasteiger partial charge in [0.05, 0.1) is 20.3 Å². The van der Waals surface area contributed by atoms with Crippen molar-refractivity contribution in [1.29, 1.82) is 0 Å². The van der Waals surface area contributed by atoms with Gasteiger partial charge in [-0.3, -0.25) is 0 Å². The number of aliphatic hydroxyl groups is 1. The summed E-state index contributed by atoms with van der Waals surface area (Å²) >= 11 is 0. The first-order chi connectivity index (χ1) is 9.13. The number of carbonyl (C=O) groups excluding carboxylic acids is 1. The van der Waals surface area contributed by atoms with Gasteiger partial charge in [0.15, 0.2) is 0 Å². The fourth-order valence-electron chi connectivity index (χ4n) is 1.60. The average molecular weight is 269 g/mol. The smallest absolute Gasteiger partial charge is 0.343 e. The van der Waals surface area contributed by atoms with Crippen LogP contribution in [-0.4, -0.2) is 61.6 Å². The lowest BCUT2D eigenvalue weighted by Gasteiger charge is -2.24. The summed E-state index contributed by atoms with van der Waals surface area (Å²) in [5.74, 6) is 0.490. The van der Waals surface area contributed by atoms with E-state index in [1.54, 1.807) is 18.9 Å². The van der Waals surface area contributed by atoms with Crippen LogP contribution in [0.25, 0.3) is 0 Å². The van der Waals surface area contributed by atoms with Gasteiger partial charge in [0.1, 0.15) is 17.2 Å². The zero-order valence-electron chi connectivity index (χ0n) is 11.4. The highest BCUT2D eigenvalue weighted by Gasteiger charge is 2.19. The van der Waals surface area contributed by atoms with Gasteiger partial charge in [-0.15, -0.1) is 0 Å². The Morgan fingerprint density at radius 3 is 2.74 bits per heavy atom. The Morgan fingerprint density at radius 2 is 2.16 bits per heavy atom. The lowest BCUT2D eigenvalue weighted by atomic mass is 10.2. The Kier molecular flexibility index (Phi) is 6.17. The van der Waals surface area contributed by atoms with Gasteiger partial charge >= 0.3 is 5.97 Å². The van der Waals surface area contributed by atoms with Crippen molar-refractivity contribution in [3.63, 3.8) is 0 Å². The topological polar surface area (TPSA) is 84.8 Å². The molecule has 1 heterocycles. The second-order valence-electron chi connectivity index (χ2n) is 3.85. The maximum Gasteiger partial charge on any atom is 0.343 e. The minimum Gasteiger partial charge on any atom is -0.465 e. The average Bonchev–Trinajstić information content (AvgIpc) is 2.42. The number of aliphatic hydroxyl groups excluding tert-OH is 1. The summed E-state index contributed by atoms with van der Waals surface area (Å²) in [5.41, 5.74) is 0.276. The molecule has 0 saturated carbocycles. The zero-order valence-corrected chi connectivity index (χ0v) is 11.4. The predicted molar refractivity (Wildman–Crippen MR) is 69.3 cm³/mol. The Balaban J connectivity index is 3.10. The molecule has 0 radical (unpaired) electrons. The minimum absolute atomic E-state index is 0.0482. The summed E-state index contributed by atoms with van der Waals surface area (Å²) in [6.45, 7) is 3.01. The maximum atomic E-state index is 11.7. The molecule has 106 valence electrons. The van der Waals surface area contributed by atoms with Crippen molar-refractivity contribution in [2.45, 2.75) is 6.92 Å². The van der Waals surface area contributed by atoms with E-state index >= 15 is 0 Å². The fraction of sp³-hybridized carbons (Fsp3) is 0.583.